The average molecular weight is 453 g/mol. The van der Waals surface area contributed by atoms with E-state index in [1.165, 1.54) is 21.9 Å². The number of hydrogen-bond acceptors (Lipinski definition) is 4. The van der Waals surface area contributed by atoms with Gasteiger partial charge in [0.05, 0.1) is 11.5 Å². The van der Waals surface area contributed by atoms with Crippen LogP contribution in [0.25, 0.3) is 10.8 Å². The zero-order valence-electron chi connectivity index (χ0n) is 18.5. The first-order chi connectivity index (χ1) is 15.5. The van der Waals surface area contributed by atoms with Crippen molar-refractivity contribution in [3.05, 3.63) is 77.9 Å². The van der Waals surface area contributed by atoms with Gasteiger partial charge in [-0.1, -0.05) is 61.0 Å². The first-order valence-electron chi connectivity index (χ1n) is 11.4. The second kappa shape index (κ2) is 10.1. The zero-order chi connectivity index (χ0) is 22.6. The second-order valence-electron chi connectivity index (χ2n) is 8.71. The Morgan fingerprint density at radius 1 is 1.00 bits per heavy atom. The predicted octanol–water partition coefficient (Wildman–Crippen LogP) is 4.49. The van der Waals surface area contributed by atoms with Gasteiger partial charge in [-0.2, -0.15) is 0 Å². The molecule has 1 fully saturated rings. The first-order valence-corrected chi connectivity index (χ1v) is 12.9. The van der Waals surface area contributed by atoms with Crippen LogP contribution in [0.15, 0.2) is 71.6 Å². The molecule has 4 rings (SSSR count). The minimum atomic E-state index is -3.57. The Morgan fingerprint density at radius 2 is 1.75 bits per heavy atom. The smallest absolute Gasteiger partial charge is 0.240 e. The van der Waals surface area contributed by atoms with Crippen molar-refractivity contribution in [2.45, 2.75) is 55.5 Å². The van der Waals surface area contributed by atoms with E-state index in [-0.39, 0.29) is 24.1 Å². The molecule has 0 bridgehead atoms. The summed E-state index contributed by atoms with van der Waals surface area (Å²) in [6.07, 6.45) is 4.48. The Kier molecular flexibility index (Phi) is 7.26. The topological polar surface area (TPSA) is 78.4 Å². The molecule has 3 aromatic carbocycles. The van der Waals surface area contributed by atoms with Crippen LogP contribution >= 0.6 is 0 Å². The van der Waals surface area contributed by atoms with Crippen molar-refractivity contribution < 1.29 is 13.5 Å². The van der Waals surface area contributed by atoms with Crippen LogP contribution in [0.3, 0.4) is 0 Å². The maximum Gasteiger partial charge on any atom is 0.240 e. The second-order valence-corrected chi connectivity index (χ2v) is 10.5. The molecule has 0 amide bonds. The van der Waals surface area contributed by atoms with Gasteiger partial charge in [-0.15, -0.1) is 0 Å². The van der Waals surface area contributed by atoms with E-state index < -0.39 is 10.0 Å². The zero-order valence-corrected chi connectivity index (χ0v) is 19.3. The maximum absolute atomic E-state index is 12.2. The van der Waals surface area contributed by atoms with Crippen molar-refractivity contribution in [2.75, 3.05) is 13.2 Å². The van der Waals surface area contributed by atoms with Gasteiger partial charge in [-0.25, -0.2) is 13.1 Å². The van der Waals surface area contributed by atoms with Gasteiger partial charge in [0.2, 0.25) is 10.0 Å². The number of hydrogen-bond donors (Lipinski definition) is 3. The minimum absolute atomic E-state index is 0.0228. The number of aliphatic hydroxyl groups excluding tert-OH is 1. The monoisotopic (exact) mass is 452 g/mol. The van der Waals surface area contributed by atoms with Crippen molar-refractivity contribution in [2.24, 2.45) is 0 Å². The lowest BCUT2D eigenvalue weighted by atomic mass is 9.81. The van der Waals surface area contributed by atoms with Gasteiger partial charge in [0.1, 0.15) is 0 Å². The molecular formula is C26H32N2O3S. The lowest BCUT2D eigenvalue weighted by Gasteiger charge is -2.32. The Labute approximate surface area is 190 Å². The third-order valence-electron chi connectivity index (χ3n) is 6.52. The molecule has 1 aliphatic rings. The molecule has 2 unspecified atom stereocenters. The van der Waals surface area contributed by atoms with Crippen LogP contribution in [0.5, 0.6) is 0 Å². The lowest BCUT2D eigenvalue weighted by molar-refractivity contribution is 0.301. The average Bonchev–Trinajstić information content (AvgIpc) is 2.82. The SMILES string of the molecule is C[C@@H](NC1CCCC(c2ccc(S(=O)(=O)NCCO)cc2)C1)c1cccc2ccccc12. The Hall–Kier alpha value is -2.25. The highest BCUT2D eigenvalue weighted by Crippen LogP contribution is 2.35. The Morgan fingerprint density at radius 3 is 2.53 bits per heavy atom. The van der Waals surface area contributed by atoms with Gasteiger partial charge in [-0.3, -0.25) is 0 Å². The molecular weight excluding hydrogens is 420 g/mol. The van der Waals surface area contributed by atoms with Crippen molar-refractivity contribution in [1.82, 2.24) is 10.0 Å². The van der Waals surface area contributed by atoms with Crippen LogP contribution < -0.4 is 10.0 Å². The number of aliphatic hydroxyl groups is 1. The summed E-state index contributed by atoms with van der Waals surface area (Å²) < 4.78 is 26.9. The fourth-order valence-electron chi connectivity index (χ4n) is 4.90. The number of benzene rings is 3. The summed E-state index contributed by atoms with van der Waals surface area (Å²) in [4.78, 5) is 0.241. The third-order valence-corrected chi connectivity index (χ3v) is 7.99. The largest absolute Gasteiger partial charge is 0.395 e. The van der Waals surface area contributed by atoms with Gasteiger partial charge in [0.15, 0.2) is 0 Å². The van der Waals surface area contributed by atoms with E-state index in [0.29, 0.717) is 12.0 Å². The molecule has 0 radical (unpaired) electrons. The van der Waals surface area contributed by atoms with Crippen molar-refractivity contribution in [1.29, 1.82) is 0 Å². The fraction of sp³-hybridized carbons (Fsp3) is 0.385. The van der Waals surface area contributed by atoms with Crippen LogP contribution in [0.2, 0.25) is 0 Å². The van der Waals surface area contributed by atoms with Gasteiger partial charge in [0, 0.05) is 18.6 Å². The van der Waals surface area contributed by atoms with E-state index in [9.17, 15) is 8.42 Å². The predicted molar refractivity (Wildman–Crippen MR) is 129 cm³/mol. The highest BCUT2D eigenvalue weighted by atomic mass is 32.2. The molecule has 1 aliphatic carbocycles. The Bertz CT molecular complexity index is 1140. The number of sulfonamides is 1. The van der Waals surface area contributed by atoms with Crippen LogP contribution in [0, 0.1) is 0 Å². The summed E-state index contributed by atoms with van der Waals surface area (Å²) in [5.74, 6) is 0.420. The summed E-state index contributed by atoms with van der Waals surface area (Å²) in [5, 5.41) is 15.3. The van der Waals surface area contributed by atoms with Crippen LogP contribution in [-0.2, 0) is 10.0 Å². The molecule has 0 aliphatic heterocycles. The molecule has 3 atom stereocenters. The third kappa shape index (κ3) is 5.21. The summed E-state index contributed by atoms with van der Waals surface area (Å²) in [7, 11) is -3.57. The molecule has 0 spiro atoms. The normalized spacial score (nSPS) is 20.3. The van der Waals surface area contributed by atoms with E-state index in [0.717, 1.165) is 25.7 Å². The fourth-order valence-corrected chi connectivity index (χ4v) is 5.92. The minimum Gasteiger partial charge on any atom is -0.395 e. The van der Waals surface area contributed by atoms with Crippen molar-refractivity contribution >= 4 is 20.8 Å². The van der Waals surface area contributed by atoms with E-state index in [2.05, 4.69) is 59.4 Å². The molecule has 32 heavy (non-hydrogen) atoms. The van der Waals surface area contributed by atoms with Crippen LogP contribution in [0.1, 0.15) is 55.7 Å². The standard InChI is InChI=1S/C26H32N2O3S/c1-19(25-11-5-7-21-6-2-3-10-26(21)25)28-23-9-4-8-22(18-23)20-12-14-24(15-13-20)32(30,31)27-16-17-29/h2-3,5-7,10-15,19,22-23,27-29H,4,8-9,16-18H2,1H3/t19-,22?,23?/m1/s1. The molecule has 0 heterocycles. The molecule has 3 N–H and O–H groups in total. The molecule has 3 aromatic rings. The summed E-state index contributed by atoms with van der Waals surface area (Å²) >= 11 is 0. The maximum atomic E-state index is 12.2. The molecule has 170 valence electrons. The number of rotatable bonds is 8. The highest BCUT2D eigenvalue weighted by Gasteiger charge is 2.25. The highest BCUT2D eigenvalue weighted by molar-refractivity contribution is 7.89. The molecule has 0 saturated heterocycles. The number of nitrogens with one attached hydrogen (secondary N) is 2. The van der Waals surface area contributed by atoms with Gasteiger partial charge >= 0.3 is 0 Å². The van der Waals surface area contributed by atoms with Gasteiger partial charge in [-0.05, 0) is 66.1 Å². The summed E-state index contributed by atoms with van der Waals surface area (Å²) in [6, 6.07) is 22.9. The first kappa shape index (κ1) is 22.9. The van der Waals surface area contributed by atoms with Crippen LogP contribution in [0.4, 0.5) is 0 Å². The van der Waals surface area contributed by atoms with Gasteiger partial charge in [0.25, 0.3) is 0 Å². The summed E-state index contributed by atoms with van der Waals surface area (Å²) in [5.41, 5.74) is 2.52. The molecule has 0 aromatic heterocycles. The lowest BCUT2D eigenvalue weighted by Crippen LogP contribution is -2.35. The molecule has 6 heteroatoms. The Balaban J connectivity index is 1.43. The van der Waals surface area contributed by atoms with Crippen LogP contribution in [-0.4, -0.2) is 32.7 Å². The molecule has 1 saturated carbocycles. The van der Waals surface area contributed by atoms with E-state index in [1.54, 1.807) is 12.1 Å². The van der Waals surface area contributed by atoms with E-state index in [4.69, 9.17) is 5.11 Å². The number of fused-ring (bicyclic) bond motifs is 1. The molecule has 5 nitrogen and oxygen atoms in total. The summed E-state index contributed by atoms with van der Waals surface area (Å²) in [6.45, 7) is 2.05. The van der Waals surface area contributed by atoms with Crippen molar-refractivity contribution in [3.8, 4) is 0 Å². The quantitative estimate of drug-likeness (QED) is 0.471. The van der Waals surface area contributed by atoms with Crippen molar-refractivity contribution in [3.63, 3.8) is 0 Å². The van der Waals surface area contributed by atoms with E-state index >= 15 is 0 Å². The van der Waals surface area contributed by atoms with Gasteiger partial charge < -0.3 is 10.4 Å². The van der Waals surface area contributed by atoms with E-state index in [1.807, 2.05) is 12.1 Å².